The van der Waals surface area contributed by atoms with Crippen molar-refractivity contribution in [3.8, 4) is 0 Å². The maximum Gasteiger partial charge on any atom is 0.445 e. The zero-order valence-corrected chi connectivity index (χ0v) is 9.12. The molecule has 1 aromatic rings. The molecule has 1 N–H and O–H groups in total. The lowest BCUT2D eigenvalue weighted by Gasteiger charge is -2.15. The van der Waals surface area contributed by atoms with Gasteiger partial charge in [-0.3, -0.25) is 4.79 Å². The molecule has 0 aliphatic heterocycles. The molecule has 0 spiro atoms. The van der Waals surface area contributed by atoms with Crippen LogP contribution in [0, 0.1) is 0 Å². The van der Waals surface area contributed by atoms with Gasteiger partial charge in [0.15, 0.2) is 5.78 Å². The van der Waals surface area contributed by atoms with Crippen molar-refractivity contribution in [2.45, 2.75) is 13.0 Å². The summed E-state index contributed by atoms with van der Waals surface area (Å²) in [7, 11) is 0. The lowest BCUT2D eigenvalue weighted by molar-refractivity contribution is -0.119. The maximum absolute atomic E-state index is 11.6. The van der Waals surface area contributed by atoms with Gasteiger partial charge in [-0.15, -0.1) is 0 Å². The van der Waals surface area contributed by atoms with Crippen LogP contribution in [0.25, 0.3) is 0 Å². The number of carbonyl (C=O) groups excluding carboxylic acids is 2. The van der Waals surface area contributed by atoms with Gasteiger partial charge < -0.3 is 5.32 Å². The Hall–Kier alpha value is -1.62. The Labute approximate surface area is 96.2 Å². The molecular weight excluding hydrogens is 237 g/mol. The molecule has 16 heavy (non-hydrogen) atoms. The van der Waals surface area contributed by atoms with Gasteiger partial charge >= 0.3 is 6.09 Å². The summed E-state index contributed by atoms with van der Waals surface area (Å²) in [6, 6.07) is 5.44. The number of amides is 1. The first kappa shape index (κ1) is 12.4. The van der Waals surface area contributed by atoms with E-state index < -0.39 is 12.1 Å². The largest absolute Gasteiger partial charge is 0.445 e. The molecule has 86 valence electrons. The quantitative estimate of drug-likeness (QED) is 0.891. The van der Waals surface area contributed by atoms with Crippen molar-refractivity contribution in [3.05, 3.63) is 34.9 Å². The first-order valence-electron chi connectivity index (χ1n) is 4.40. The van der Waals surface area contributed by atoms with Gasteiger partial charge in [0.2, 0.25) is 0 Å². The molecule has 0 saturated heterocycles. The molecule has 0 aliphatic carbocycles. The summed E-state index contributed by atoms with van der Waals surface area (Å²) in [5.74, 6) is -0.376. The van der Waals surface area contributed by atoms with Crippen molar-refractivity contribution in [2.75, 3.05) is 0 Å². The first-order chi connectivity index (χ1) is 7.56. The second-order valence-electron chi connectivity index (χ2n) is 3.07. The summed E-state index contributed by atoms with van der Waals surface area (Å²) < 4.78 is 11.6. The molecule has 0 aromatic heterocycles. The second-order valence-corrected chi connectivity index (χ2v) is 3.48. The minimum atomic E-state index is -1.33. The molecule has 1 rings (SSSR count). The van der Waals surface area contributed by atoms with Gasteiger partial charge in [-0.05, 0) is 13.0 Å². The summed E-state index contributed by atoms with van der Waals surface area (Å²) in [4.78, 5) is 25.0. The molecule has 6 heteroatoms. The number of hydrogen-bond acceptors (Lipinski definition) is 3. The SMILES string of the molecule is CC(=O)C(NC(=O)OF)c1ccccc1Cl. The van der Waals surface area contributed by atoms with Crippen LogP contribution in [-0.2, 0) is 9.74 Å². The zero-order valence-electron chi connectivity index (χ0n) is 8.37. The van der Waals surface area contributed by atoms with Gasteiger partial charge in [0.25, 0.3) is 0 Å². The highest BCUT2D eigenvalue weighted by molar-refractivity contribution is 6.31. The number of nitrogens with one attached hydrogen (secondary N) is 1. The van der Waals surface area contributed by atoms with Crippen LogP contribution < -0.4 is 5.32 Å². The van der Waals surface area contributed by atoms with Crippen LogP contribution in [0.3, 0.4) is 0 Å². The van der Waals surface area contributed by atoms with Gasteiger partial charge in [-0.2, -0.15) is 0 Å². The summed E-state index contributed by atoms with van der Waals surface area (Å²) >= 11 is 5.85. The zero-order chi connectivity index (χ0) is 12.1. The Kier molecular flexibility index (Phi) is 4.25. The molecule has 0 fully saturated rings. The van der Waals surface area contributed by atoms with Gasteiger partial charge in [0.1, 0.15) is 6.04 Å². The number of rotatable bonds is 3. The van der Waals surface area contributed by atoms with Gasteiger partial charge in [0, 0.05) is 15.1 Å². The lowest BCUT2D eigenvalue weighted by atomic mass is 10.0. The van der Waals surface area contributed by atoms with Crippen LogP contribution in [0.15, 0.2) is 24.3 Å². The van der Waals surface area contributed by atoms with Crippen molar-refractivity contribution >= 4 is 23.5 Å². The average molecular weight is 246 g/mol. The van der Waals surface area contributed by atoms with Crippen molar-refractivity contribution in [1.82, 2.24) is 5.32 Å². The molecule has 0 bridgehead atoms. The van der Waals surface area contributed by atoms with Gasteiger partial charge in [0.05, 0.1) is 0 Å². The molecule has 1 aromatic carbocycles. The molecule has 1 unspecified atom stereocenters. The van der Waals surface area contributed by atoms with E-state index in [1.54, 1.807) is 24.3 Å². The van der Waals surface area contributed by atoms with E-state index in [1.165, 1.54) is 6.92 Å². The second kappa shape index (κ2) is 5.46. The Morgan fingerprint density at radius 1 is 1.44 bits per heavy atom. The smallest absolute Gasteiger partial charge is 0.305 e. The van der Waals surface area contributed by atoms with Crippen LogP contribution in [0.5, 0.6) is 0 Å². The van der Waals surface area contributed by atoms with Crippen LogP contribution >= 0.6 is 11.6 Å². The summed E-state index contributed by atoms with van der Waals surface area (Å²) in [5.41, 5.74) is 0.391. The van der Waals surface area contributed by atoms with Crippen molar-refractivity contribution in [1.29, 1.82) is 0 Å². The fourth-order valence-electron chi connectivity index (χ4n) is 1.25. The van der Waals surface area contributed by atoms with E-state index in [1.807, 2.05) is 0 Å². The standard InChI is InChI=1S/C10H9ClFNO3/c1-6(14)9(13-10(15)16-12)7-4-2-3-5-8(7)11/h2-5,9H,1H3,(H,13,15). The fourth-order valence-corrected chi connectivity index (χ4v) is 1.49. The number of carbonyl (C=O) groups is 2. The minimum absolute atomic E-state index is 0.307. The highest BCUT2D eigenvalue weighted by Gasteiger charge is 2.22. The van der Waals surface area contributed by atoms with Crippen LogP contribution in [-0.4, -0.2) is 11.9 Å². The molecule has 0 saturated carbocycles. The van der Waals surface area contributed by atoms with E-state index >= 15 is 0 Å². The van der Waals surface area contributed by atoms with Crippen LogP contribution in [0.2, 0.25) is 5.02 Å². The van der Waals surface area contributed by atoms with E-state index in [9.17, 15) is 14.1 Å². The van der Waals surface area contributed by atoms with Gasteiger partial charge in [-0.25, -0.2) is 9.74 Å². The number of ketones is 1. The van der Waals surface area contributed by atoms with Crippen molar-refractivity contribution < 1.29 is 19.1 Å². The Morgan fingerprint density at radius 3 is 2.56 bits per heavy atom. The van der Waals surface area contributed by atoms with Gasteiger partial charge in [-0.1, -0.05) is 29.8 Å². The lowest BCUT2D eigenvalue weighted by Crippen LogP contribution is -2.32. The molecule has 0 radical (unpaired) electrons. The van der Waals surface area contributed by atoms with E-state index in [0.717, 1.165) is 0 Å². The molecule has 0 aliphatic rings. The topological polar surface area (TPSA) is 55.4 Å². The molecule has 4 nitrogen and oxygen atoms in total. The number of hydrogen-bond donors (Lipinski definition) is 1. The van der Waals surface area contributed by atoms with E-state index in [4.69, 9.17) is 11.6 Å². The molecule has 1 amide bonds. The van der Waals surface area contributed by atoms with Crippen LogP contribution in [0.4, 0.5) is 9.32 Å². The van der Waals surface area contributed by atoms with E-state index in [0.29, 0.717) is 10.6 Å². The number of Topliss-reactive ketones (excluding diaryl/α,β-unsaturated/α-hetero) is 1. The Morgan fingerprint density at radius 2 is 2.06 bits per heavy atom. The van der Waals surface area contributed by atoms with Crippen molar-refractivity contribution in [3.63, 3.8) is 0 Å². The Bertz CT molecular complexity index is 411. The molecule has 1 atom stereocenters. The monoisotopic (exact) mass is 245 g/mol. The predicted molar refractivity (Wildman–Crippen MR) is 55.6 cm³/mol. The Balaban J connectivity index is 2.99. The van der Waals surface area contributed by atoms with E-state index in [2.05, 4.69) is 10.3 Å². The number of benzene rings is 1. The number of halogens is 2. The first-order valence-corrected chi connectivity index (χ1v) is 4.78. The van der Waals surface area contributed by atoms with Crippen molar-refractivity contribution in [2.24, 2.45) is 0 Å². The van der Waals surface area contributed by atoms with E-state index in [-0.39, 0.29) is 5.78 Å². The fraction of sp³-hybridized carbons (Fsp3) is 0.200. The minimum Gasteiger partial charge on any atom is -0.305 e. The third kappa shape index (κ3) is 2.93. The summed E-state index contributed by atoms with van der Waals surface area (Å²) in [6.07, 6.45) is -1.33. The third-order valence-electron chi connectivity index (χ3n) is 1.96. The predicted octanol–water partition coefficient (Wildman–Crippen LogP) is 2.58. The molecule has 0 heterocycles. The maximum atomic E-state index is 11.6. The normalized spacial score (nSPS) is 11.7. The third-order valence-corrected chi connectivity index (χ3v) is 2.30. The molecular formula is C10H9ClFNO3. The van der Waals surface area contributed by atoms with Crippen LogP contribution in [0.1, 0.15) is 18.5 Å². The highest BCUT2D eigenvalue weighted by Crippen LogP contribution is 2.23. The summed E-state index contributed by atoms with van der Waals surface area (Å²) in [6.45, 7) is 1.26. The summed E-state index contributed by atoms with van der Waals surface area (Å²) in [5, 5.41) is 2.36. The highest BCUT2D eigenvalue weighted by atomic mass is 35.5. The average Bonchev–Trinajstić information content (AvgIpc) is 2.26.